The van der Waals surface area contributed by atoms with Gasteiger partial charge >= 0.3 is 0 Å². The highest BCUT2D eigenvalue weighted by atomic mass is 16.1. The zero-order valence-corrected chi connectivity index (χ0v) is 8.90. The van der Waals surface area contributed by atoms with Gasteiger partial charge in [-0.15, -0.1) is 0 Å². The minimum Gasteiger partial charge on any atom is -0.269 e. The Kier molecular flexibility index (Phi) is 2.49. The fourth-order valence-corrected chi connectivity index (χ4v) is 1.73. The third kappa shape index (κ3) is 1.52. The Balaban J connectivity index is 2.88. The van der Waals surface area contributed by atoms with Crippen LogP contribution in [0.5, 0.6) is 0 Å². The van der Waals surface area contributed by atoms with E-state index in [2.05, 4.69) is 9.97 Å². The fourth-order valence-electron chi connectivity index (χ4n) is 1.73. The Hall–Kier alpha value is -1.71. The third-order valence-electron chi connectivity index (χ3n) is 2.50. The Labute approximate surface area is 87.6 Å². The van der Waals surface area contributed by atoms with E-state index in [0.29, 0.717) is 5.65 Å². The second kappa shape index (κ2) is 3.81. The van der Waals surface area contributed by atoms with E-state index in [-0.39, 0.29) is 5.56 Å². The van der Waals surface area contributed by atoms with Gasteiger partial charge in [0.25, 0.3) is 5.56 Å². The first-order valence-electron chi connectivity index (χ1n) is 5.12. The van der Waals surface area contributed by atoms with Crippen molar-refractivity contribution in [3.8, 4) is 0 Å². The molecule has 15 heavy (non-hydrogen) atoms. The Morgan fingerprint density at radius 1 is 1.33 bits per heavy atom. The van der Waals surface area contributed by atoms with Gasteiger partial charge in [0.2, 0.25) is 0 Å². The molecule has 0 saturated carbocycles. The van der Waals surface area contributed by atoms with Crippen LogP contribution in [0.25, 0.3) is 5.65 Å². The predicted octanol–water partition coefficient (Wildman–Crippen LogP) is 1.21. The smallest absolute Gasteiger partial charge is 0.261 e. The largest absolute Gasteiger partial charge is 0.269 e. The van der Waals surface area contributed by atoms with Crippen molar-refractivity contribution in [2.75, 3.05) is 0 Å². The molecule has 0 aromatic carbocycles. The summed E-state index contributed by atoms with van der Waals surface area (Å²) in [6.07, 6.45) is 6.37. The highest BCUT2D eigenvalue weighted by Crippen LogP contribution is 2.05. The second-order valence-electron chi connectivity index (χ2n) is 3.35. The molecule has 0 N–H and O–H groups in total. The van der Waals surface area contributed by atoms with Crippen LogP contribution in [0.1, 0.15) is 25.1 Å². The van der Waals surface area contributed by atoms with Crippen LogP contribution < -0.4 is 5.56 Å². The van der Waals surface area contributed by atoms with Crippen molar-refractivity contribution >= 4 is 5.65 Å². The topological polar surface area (TPSA) is 47.3 Å². The number of aryl methyl sites for hydroxylation is 1. The lowest BCUT2D eigenvalue weighted by Crippen LogP contribution is -2.22. The molecule has 0 radical (unpaired) electrons. The maximum absolute atomic E-state index is 12.0. The van der Waals surface area contributed by atoms with Crippen LogP contribution in [0.15, 0.2) is 23.4 Å². The van der Waals surface area contributed by atoms with Gasteiger partial charge in [-0.3, -0.25) is 14.2 Å². The molecule has 4 nitrogen and oxygen atoms in total. The molecule has 4 heteroatoms. The van der Waals surface area contributed by atoms with Crippen molar-refractivity contribution in [1.82, 2.24) is 14.4 Å². The molecule has 0 fully saturated rings. The zero-order valence-electron chi connectivity index (χ0n) is 8.90. The van der Waals surface area contributed by atoms with E-state index in [9.17, 15) is 4.79 Å². The molecule has 78 valence electrons. The molecule has 0 bridgehead atoms. The predicted molar refractivity (Wildman–Crippen MR) is 58.0 cm³/mol. The van der Waals surface area contributed by atoms with E-state index in [4.69, 9.17) is 0 Å². The van der Waals surface area contributed by atoms with Crippen molar-refractivity contribution in [2.24, 2.45) is 0 Å². The normalized spacial score (nSPS) is 10.8. The minimum atomic E-state index is 0.0294. The number of hydrogen-bond donors (Lipinski definition) is 0. The van der Waals surface area contributed by atoms with E-state index < -0.39 is 0 Å². The average Bonchev–Trinajstić information content (AvgIpc) is 2.29. The van der Waals surface area contributed by atoms with Crippen LogP contribution in [0.2, 0.25) is 0 Å². The van der Waals surface area contributed by atoms with Crippen molar-refractivity contribution in [2.45, 2.75) is 26.7 Å². The van der Waals surface area contributed by atoms with Gasteiger partial charge in [0.15, 0.2) is 5.65 Å². The lowest BCUT2D eigenvalue weighted by molar-refractivity contribution is 0.888. The Morgan fingerprint density at radius 3 is 2.80 bits per heavy atom. The molecule has 2 aromatic heterocycles. The van der Waals surface area contributed by atoms with Gasteiger partial charge < -0.3 is 0 Å². The van der Waals surface area contributed by atoms with Crippen LogP contribution in [0.3, 0.4) is 0 Å². The van der Waals surface area contributed by atoms with Gasteiger partial charge in [-0.05, 0) is 12.8 Å². The highest BCUT2D eigenvalue weighted by molar-refractivity contribution is 5.38. The molecule has 2 aromatic rings. The molecule has 0 aliphatic heterocycles. The van der Waals surface area contributed by atoms with Crippen molar-refractivity contribution in [3.05, 3.63) is 40.2 Å². The van der Waals surface area contributed by atoms with E-state index in [1.54, 1.807) is 23.0 Å². The Bertz CT molecular complexity index is 545. The van der Waals surface area contributed by atoms with Gasteiger partial charge in [0.05, 0.1) is 11.9 Å². The van der Waals surface area contributed by atoms with E-state index in [0.717, 1.165) is 24.1 Å². The molecule has 0 saturated heterocycles. The van der Waals surface area contributed by atoms with Crippen molar-refractivity contribution < 1.29 is 0 Å². The summed E-state index contributed by atoms with van der Waals surface area (Å²) in [6, 6.07) is 0. The maximum Gasteiger partial charge on any atom is 0.261 e. The summed E-state index contributed by atoms with van der Waals surface area (Å²) in [7, 11) is 0. The summed E-state index contributed by atoms with van der Waals surface area (Å²) in [4.78, 5) is 20.4. The maximum atomic E-state index is 12.0. The average molecular weight is 203 g/mol. The summed E-state index contributed by atoms with van der Waals surface area (Å²) in [6.45, 7) is 3.99. The standard InChI is InChI=1S/C11H13N3O/c1-3-8-9(4-2)13-10-7-12-5-6-14(10)11(8)15/h5-7H,3-4H2,1-2H3. The molecule has 2 rings (SSSR count). The quantitative estimate of drug-likeness (QED) is 0.737. The van der Waals surface area contributed by atoms with E-state index in [1.165, 1.54) is 0 Å². The molecular weight excluding hydrogens is 190 g/mol. The molecule has 2 heterocycles. The zero-order chi connectivity index (χ0) is 10.8. The Morgan fingerprint density at radius 2 is 2.13 bits per heavy atom. The summed E-state index contributed by atoms with van der Waals surface area (Å²) in [5.41, 5.74) is 2.34. The summed E-state index contributed by atoms with van der Waals surface area (Å²) >= 11 is 0. The van der Waals surface area contributed by atoms with Crippen LogP contribution in [0, 0.1) is 0 Å². The number of aromatic nitrogens is 3. The number of nitrogens with zero attached hydrogens (tertiary/aromatic N) is 3. The van der Waals surface area contributed by atoms with Crippen LogP contribution in [-0.2, 0) is 12.8 Å². The summed E-state index contributed by atoms with van der Waals surface area (Å²) in [5, 5.41) is 0. The van der Waals surface area contributed by atoms with E-state index >= 15 is 0 Å². The van der Waals surface area contributed by atoms with Gasteiger partial charge in [-0.25, -0.2) is 4.98 Å². The van der Waals surface area contributed by atoms with E-state index in [1.807, 2.05) is 13.8 Å². The van der Waals surface area contributed by atoms with Gasteiger partial charge in [0.1, 0.15) is 0 Å². The first-order chi connectivity index (χ1) is 7.27. The van der Waals surface area contributed by atoms with Crippen molar-refractivity contribution in [1.29, 1.82) is 0 Å². The van der Waals surface area contributed by atoms with Crippen LogP contribution in [0.4, 0.5) is 0 Å². The first-order valence-corrected chi connectivity index (χ1v) is 5.12. The second-order valence-corrected chi connectivity index (χ2v) is 3.35. The molecular formula is C11H13N3O. The van der Waals surface area contributed by atoms with Gasteiger partial charge in [-0.1, -0.05) is 13.8 Å². The molecule has 0 aliphatic carbocycles. The SMILES string of the molecule is CCc1nc2cnccn2c(=O)c1CC. The first kappa shape index (κ1) is 9.83. The van der Waals surface area contributed by atoms with Gasteiger partial charge in [0, 0.05) is 18.0 Å². The molecule has 0 atom stereocenters. The summed E-state index contributed by atoms with van der Waals surface area (Å²) < 4.78 is 1.55. The molecule has 0 unspecified atom stereocenters. The van der Waals surface area contributed by atoms with Crippen LogP contribution >= 0.6 is 0 Å². The monoisotopic (exact) mass is 203 g/mol. The molecule has 0 aliphatic rings. The number of fused-ring (bicyclic) bond motifs is 1. The summed E-state index contributed by atoms with van der Waals surface area (Å²) in [5.74, 6) is 0. The third-order valence-corrected chi connectivity index (χ3v) is 2.50. The minimum absolute atomic E-state index is 0.0294. The van der Waals surface area contributed by atoms with Crippen LogP contribution in [-0.4, -0.2) is 14.4 Å². The highest BCUT2D eigenvalue weighted by Gasteiger charge is 2.08. The molecule has 0 amide bonds. The molecule has 0 spiro atoms. The lowest BCUT2D eigenvalue weighted by Gasteiger charge is -2.06. The number of rotatable bonds is 2. The van der Waals surface area contributed by atoms with Crippen molar-refractivity contribution in [3.63, 3.8) is 0 Å². The number of hydrogen-bond acceptors (Lipinski definition) is 3. The lowest BCUT2D eigenvalue weighted by atomic mass is 10.1. The fraction of sp³-hybridized carbons (Fsp3) is 0.364. The van der Waals surface area contributed by atoms with Gasteiger partial charge in [-0.2, -0.15) is 0 Å².